The molecule has 112 valence electrons. The number of nitrogens with zero attached hydrogens (tertiary/aromatic N) is 4. The van der Waals surface area contributed by atoms with Crippen molar-refractivity contribution in [2.75, 3.05) is 6.54 Å². The molecule has 0 aliphatic carbocycles. The van der Waals surface area contributed by atoms with Gasteiger partial charge in [0.15, 0.2) is 0 Å². The van der Waals surface area contributed by atoms with Crippen molar-refractivity contribution in [1.82, 2.24) is 19.2 Å². The van der Waals surface area contributed by atoms with Gasteiger partial charge in [0.1, 0.15) is 0 Å². The first kappa shape index (κ1) is 13.9. The van der Waals surface area contributed by atoms with Crippen LogP contribution in [0.15, 0.2) is 43.0 Å². The summed E-state index contributed by atoms with van der Waals surface area (Å²) in [4.78, 5) is 14.6. The van der Waals surface area contributed by atoms with Gasteiger partial charge in [0.05, 0.1) is 12.6 Å². The van der Waals surface area contributed by atoms with Gasteiger partial charge in [-0.05, 0) is 38.0 Å². The fraction of sp³-hybridized carbons (Fsp3) is 0.500. The zero-order valence-corrected chi connectivity index (χ0v) is 12.4. The van der Waals surface area contributed by atoms with Gasteiger partial charge in [0.2, 0.25) is 5.91 Å². The molecule has 2 aromatic rings. The Balaban J connectivity index is 1.60. The van der Waals surface area contributed by atoms with E-state index in [2.05, 4.69) is 16.6 Å². The van der Waals surface area contributed by atoms with Gasteiger partial charge in [-0.15, -0.1) is 0 Å². The summed E-state index contributed by atoms with van der Waals surface area (Å²) in [6.07, 6.45) is 10.5. The van der Waals surface area contributed by atoms with E-state index >= 15 is 0 Å². The van der Waals surface area contributed by atoms with Crippen LogP contribution in [0.2, 0.25) is 0 Å². The normalized spacial score (nSPS) is 19.9. The number of amides is 1. The smallest absolute Gasteiger partial charge is 0.224 e. The first-order chi connectivity index (χ1) is 10.2. The highest BCUT2D eigenvalue weighted by molar-refractivity contribution is 5.77. The lowest BCUT2D eigenvalue weighted by Gasteiger charge is -2.26. The van der Waals surface area contributed by atoms with Crippen LogP contribution in [0.1, 0.15) is 32.2 Å². The van der Waals surface area contributed by atoms with E-state index in [4.69, 9.17) is 0 Å². The summed E-state index contributed by atoms with van der Waals surface area (Å²) in [5.74, 6) is 0.255. The van der Waals surface area contributed by atoms with Crippen LogP contribution in [0.4, 0.5) is 0 Å². The van der Waals surface area contributed by atoms with Crippen LogP contribution in [-0.4, -0.2) is 37.7 Å². The molecule has 5 nitrogen and oxygen atoms in total. The van der Waals surface area contributed by atoms with Crippen LogP contribution < -0.4 is 0 Å². The van der Waals surface area contributed by atoms with E-state index in [0.29, 0.717) is 6.42 Å². The van der Waals surface area contributed by atoms with E-state index < -0.39 is 0 Å². The van der Waals surface area contributed by atoms with Crippen LogP contribution in [0.3, 0.4) is 0 Å². The van der Waals surface area contributed by atoms with Crippen molar-refractivity contribution in [1.29, 1.82) is 0 Å². The Hall–Kier alpha value is -2.04. The zero-order valence-electron chi connectivity index (χ0n) is 12.4. The fourth-order valence-electron chi connectivity index (χ4n) is 3.10. The van der Waals surface area contributed by atoms with E-state index in [0.717, 1.165) is 25.9 Å². The van der Waals surface area contributed by atoms with Crippen molar-refractivity contribution in [2.24, 2.45) is 0 Å². The predicted molar refractivity (Wildman–Crippen MR) is 80.7 cm³/mol. The molecular formula is C16H22N4O. The summed E-state index contributed by atoms with van der Waals surface area (Å²) >= 11 is 0. The highest BCUT2D eigenvalue weighted by Gasteiger charge is 2.29. The number of likely N-dealkylation sites (tertiary alicyclic amines) is 1. The van der Waals surface area contributed by atoms with Crippen LogP contribution in [-0.2, 0) is 11.3 Å². The summed E-state index contributed by atoms with van der Waals surface area (Å²) in [5.41, 5.74) is 0. The second-order valence-electron chi connectivity index (χ2n) is 5.79. The number of rotatable bonds is 5. The minimum Gasteiger partial charge on any atom is -0.351 e. The van der Waals surface area contributed by atoms with Gasteiger partial charge in [0, 0.05) is 43.8 Å². The monoisotopic (exact) mass is 286 g/mol. The Morgan fingerprint density at radius 2 is 2.10 bits per heavy atom. The molecule has 3 heterocycles. The molecule has 1 aliphatic heterocycles. The molecule has 5 heteroatoms. The van der Waals surface area contributed by atoms with Crippen molar-refractivity contribution in [3.8, 4) is 0 Å². The second kappa shape index (κ2) is 6.16. The third-order valence-corrected chi connectivity index (χ3v) is 4.26. The Labute approximate surface area is 125 Å². The Morgan fingerprint density at radius 1 is 1.29 bits per heavy atom. The molecule has 1 amide bonds. The predicted octanol–water partition coefficient (Wildman–Crippen LogP) is 2.33. The van der Waals surface area contributed by atoms with Gasteiger partial charge in [-0.2, -0.15) is 5.10 Å². The van der Waals surface area contributed by atoms with Crippen molar-refractivity contribution < 1.29 is 4.79 Å². The maximum absolute atomic E-state index is 12.6. The molecule has 0 aromatic carbocycles. The molecule has 0 saturated carbocycles. The zero-order chi connectivity index (χ0) is 14.7. The lowest BCUT2D eigenvalue weighted by atomic mass is 10.2. The first-order valence-electron chi connectivity index (χ1n) is 7.63. The second-order valence-corrected chi connectivity index (χ2v) is 5.79. The first-order valence-corrected chi connectivity index (χ1v) is 7.63. The van der Waals surface area contributed by atoms with E-state index in [1.165, 1.54) is 0 Å². The standard InChI is InChI=1S/C16H22N4O/c1-14(18-8-2-3-9-18)12-16(21)20-11-4-6-15(20)13-19-10-5-7-17-19/h2-3,5,7-10,14-15H,4,6,11-13H2,1H3/t14-,15-/m0/s1. The van der Waals surface area contributed by atoms with Crippen LogP contribution in [0.5, 0.6) is 0 Å². The number of carbonyl (C=O) groups excluding carboxylic acids is 1. The molecule has 0 radical (unpaired) electrons. The van der Waals surface area contributed by atoms with Crippen molar-refractivity contribution in [2.45, 2.75) is 44.8 Å². The summed E-state index contributed by atoms with van der Waals surface area (Å²) in [6, 6.07) is 6.41. The molecule has 3 rings (SSSR count). The maximum atomic E-state index is 12.6. The average molecular weight is 286 g/mol. The highest BCUT2D eigenvalue weighted by Crippen LogP contribution is 2.22. The molecule has 1 fully saturated rings. The van der Waals surface area contributed by atoms with E-state index in [1.807, 2.05) is 46.4 Å². The quantitative estimate of drug-likeness (QED) is 0.846. The number of aromatic nitrogens is 3. The van der Waals surface area contributed by atoms with E-state index in [-0.39, 0.29) is 18.0 Å². The van der Waals surface area contributed by atoms with Gasteiger partial charge in [-0.25, -0.2) is 0 Å². The van der Waals surface area contributed by atoms with Crippen LogP contribution in [0.25, 0.3) is 0 Å². The Bertz CT molecular complexity index is 561. The van der Waals surface area contributed by atoms with Crippen molar-refractivity contribution in [3.05, 3.63) is 43.0 Å². The molecule has 0 unspecified atom stereocenters. The molecule has 1 aliphatic rings. The molecular weight excluding hydrogens is 264 g/mol. The minimum atomic E-state index is 0.207. The maximum Gasteiger partial charge on any atom is 0.224 e. The summed E-state index contributed by atoms with van der Waals surface area (Å²) in [5, 5.41) is 4.25. The molecule has 21 heavy (non-hydrogen) atoms. The van der Waals surface area contributed by atoms with Crippen LogP contribution >= 0.6 is 0 Å². The average Bonchev–Trinajstić information content (AvgIpc) is 3.22. The van der Waals surface area contributed by atoms with Crippen molar-refractivity contribution >= 4 is 5.91 Å². The molecule has 2 atom stereocenters. The fourth-order valence-corrected chi connectivity index (χ4v) is 3.10. The topological polar surface area (TPSA) is 43.1 Å². The third kappa shape index (κ3) is 3.17. The number of hydrogen-bond acceptors (Lipinski definition) is 2. The number of hydrogen-bond donors (Lipinski definition) is 0. The van der Waals surface area contributed by atoms with Gasteiger partial charge < -0.3 is 9.47 Å². The van der Waals surface area contributed by atoms with Gasteiger partial charge in [0.25, 0.3) is 0 Å². The SMILES string of the molecule is C[C@@H](CC(=O)N1CCC[C@H]1Cn1cccn1)n1cccc1. The highest BCUT2D eigenvalue weighted by atomic mass is 16.2. The Kier molecular flexibility index (Phi) is 4.08. The lowest BCUT2D eigenvalue weighted by Crippen LogP contribution is -2.38. The lowest BCUT2D eigenvalue weighted by molar-refractivity contribution is -0.133. The molecule has 0 N–H and O–H groups in total. The third-order valence-electron chi connectivity index (χ3n) is 4.26. The molecule has 1 saturated heterocycles. The summed E-state index contributed by atoms with van der Waals surface area (Å²) < 4.78 is 4.02. The van der Waals surface area contributed by atoms with Gasteiger partial charge in [-0.1, -0.05) is 0 Å². The largest absolute Gasteiger partial charge is 0.351 e. The minimum absolute atomic E-state index is 0.207. The number of carbonyl (C=O) groups is 1. The van der Waals surface area contributed by atoms with E-state index in [9.17, 15) is 4.79 Å². The van der Waals surface area contributed by atoms with Gasteiger partial charge in [-0.3, -0.25) is 9.48 Å². The molecule has 0 bridgehead atoms. The molecule has 2 aromatic heterocycles. The van der Waals surface area contributed by atoms with Crippen LogP contribution in [0, 0.1) is 0 Å². The Morgan fingerprint density at radius 3 is 2.81 bits per heavy atom. The summed E-state index contributed by atoms with van der Waals surface area (Å²) in [6.45, 7) is 3.77. The molecule has 0 spiro atoms. The summed E-state index contributed by atoms with van der Waals surface area (Å²) in [7, 11) is 0. The van der Waals surface area contributed by atoms with Crippen molar-refractivity contribution in [3.63, 3.8) is 0 Å². The van der Waals surface area contributed by atoms with Gasteiger partial charge >= 0.3 is 0 Å². The van der Waals surface area contributed by atoms with E-state index in [1.54, 1.807) is 6.20 Å².